The zero-order valence-corrected chi connectivity index (χ0v) is 15.6. The van der Waals surface area contributed by atoms with E-state index < -0.39 is 11.4 Å². The average molecular weight is 351 g/mol. The molecule has 0 amide bonds. The van der Waals surface area contributed by atoms with Gasteiger partial charge in [0.25, 0.3) is 0 Å². The number of hydrogen-bond acceptors (Lipinski definition) is 2. The molecule has 138 valence electrons. The zero-order chi connectivity index (χ0) is 18.4. The summed E-state index contributed by atoms with van der Waals surface area (Å²) >= 11 is 0. The first-order chi connectivity index (χ1) is 12.6. The Labute approximate surface area is 156 Å². The van der Waals surface area contributed by atoms with Crippen molar-refractivity contribution < 1.29 is 9.90 Å². The van der Waals surface area contributed by atoms with Crippen molar-refractivity contribution in [1.82, 2.24) is 4.90 Å². The standard InChI is InChI=1S/C23H29NO2/c1-19(16-23(22(25)26)14-8-9-15-23)24(17-20-10-4-2-5-11-20)18-21-12-6-3-7-13-21/h2-7,10-13,19H,8-9,14-18H2,1H3,(H,25,26). The maximum absolute atomic E-state index is 12.0. The maximum Gasteiger partial charge on any atom is 0.309 e. The third kappa shape index (κ3) is 4.53. The lowest BCUT2D eigenvalue weighted by Crippen LogP contribution is -2.39. The van der Waals surface area contributed by atoms with Gasteiger partial charge in [0.05, 0.1) is 5.41 Å². The van der Waals surface area contributed by atoms with Crippen LogP contribution in [0, 0.1) is 5.41 Å². The number of nitrogens with zero attached hydrogens (tertiary/aromatic N) is 1. The molecule has 26 heavy (non-hydrogen) atoms. The zero-order valence-electron chi connectivity index (χ0n) is 15.6. The van der Waals surface area contributed by atoms with Crippen LogP contribution in [0.1, 0.15) is 50.2 Å². The van der Waals surface area contributed by atoms with Crippen LogP contribution in [0.4, 0.5) is 0 Å². The molecule has 0 saturated heterocycles. The molecule has 0 aromatic heterocycles. The number of carboxylic acid groups (broad SMARTS) is 1. The van der Waals surface area contributed by atoms with Crippen LogP contribution in [0.3, 0.4) is 0 Å². The molecule has 0 aliphatic heterocycles. The average Bonchev–Trinajstić information content (AvgIpc) is 3.13. The van der Waals surface area contributed by atoms with Gasteiger partial charge in [0.15, 0.2) is 0 Å². The minimum Gasteiger partial charge on any atom is -0.481 e. The third-order valence-electron chi connectivity index (χ3n) is 5.78. The number of benzene rings is 2. The second kappa shape index (κ2) is 8.50. The van der Waals surface area contributed by atoms with Crippen LogP contribution in [-0.4, -0.2) is 22.0 Å². The number of aliphatic carboxylic acids is 1. The Morgan fingerprint density at radius 1 is 0.962 bits per heavy atom. The molecule has 3 rings (SSSR count). The highest BCUT2D eigenvalue weighted by Crippen LogP contribution is 2.43. The van der Waals surface area contributed by atoms with Crippen molar-refractivity contribution >= 4 is 5.97 Å². The van der Waals surface area contributed by atoms with Crippen molar-refractivity contribution in [2.24, 2.45) is 5.41 Å². The Morgan fingerprint density at radius 3 is 1.85 bits per heavy atom. The Balaban J connectivity index is 1.78. The van der Waals surface area contributed by atoms with Gasteiger partial charge < -0.3 is 5.11 Å². The van der Waals surface area contributed by atoms with Crippen molar-refractivity contribution in [3.05, 3.63) is 71.8 Å². The van der Waals surface area contributed by atoms with E-state index in [0.29, 0.717) is 0 Å². The van der Waals surface area contributed by atoms with E-state index in [-0.39, 0.29) is 6.04 Å². The predicted molar refractivity (Wildman–Crippen MR) is 105 cm³/mol. The summed E-state index contributed by atoms with van der Waals surface area (Å²) in [6.45, 7) is 3.87. The van der Waals surface area contributed by atoms with E-state index >= 15 is 0 Å². The lowest BCUT2D eigenvalue weighted by Gasteiger charge is -2.35. The topological polar surface area (TPSA) is 40.5 Å². The van der Waals surface area contributed by atoms with E-state index in [4.69, 9.17) is 0 Å². The molecule has 0 heterocycles. The summed E-state index contributed by atoms with van der Waals surface area (Å²) in [6.07, 6.45) is 4.43. The Morgan fingerprint density at radius 2 is 1.42 bits per heavy atom. The summed E-state index contributed by atoms with van der Waals surface area (Å²) in [5.74, 6) is -0.610. The van der Waals surface area contributed by atoms with Gasteiger partial charge in [-0.15, -0.1) is 0 Å². The van der Waals surface area contributed by atoms with Gasteiger partial charge in [-0.2, -0.15) is 0 Å². The molecule has 1 aliphatic carbocycles. The number of hydrogen-bond donors (Lipinski definition) is 1. The molecule has 0 radical (unpaired) electrons. The monoisotopic (exact) mass is 351 g/mol. The quantitative estimate of drug-likeness (QED) is 0.718. The van der Waals surface area contributed by atoms with Crippen LogP contribution in [0.25, 0.3) is 0 Å². The molecule has 3 nitrogen and oxygen atoms in total. The van der Waals surface area contributed by atoms with Crippen LogP contribution in [0.5, 0.6) is 0 Å². The summed E-state index contributed by atoms with van der Waals surface area (Å²) in [6, 6.07) is 21.1. The third-order valence-corrected chi connectivity index (χ3v) is 5.78. The van der Waals surface area contributed by atoms with Gasteiger partial charge >= 0.3 is 5.97 Å². The van der Waals surface area contributed by atoms with E-state index in [1.807, 2.05) is 12.1 Å². The van der Waals surface area contributed by atoms with Crippen LogP contribution in [0.15, 0.2) is 60.7 Å². The number of rotatable bonds is 8. The van der Waals surface area contributed by atoms with E-state index in [1.54, 1.807) is 0 Å². The lowest BCUT2D eigenvalue weighted by atomic mass is 9.80. The highest BCUT2D eigenvalue weighted by Gasteiger charge is 2.42. The number of carbonyl (C=O) groups is 1. The Bertz CT molecular complexity index is 651. The molecular weight excluding hydrogens is 322 g/mol. The first-order valence-corrected chi connectivity index (χ1v) is 9.64. The van der Waals surface area contributed by atoms with Gasteiger partial charge in [-0.1, -0.05) is 73.5 Å². The molecule has 1 atom stereocenters. The van der Waals surface area contributed by atoms with Crippen LogP contribution in [0.2, 0.25) is 0 Å². The van der Waals surface area contributed by atoms with Crippen molar-refractivity contribution in [2.45, 2.75) is 58.2 Å². The SMILES string of the molecule is CC(CC1(C(=O)O)CCCC1)N(Cc1ccccc1)Cc1ccccc1. The van der Waals surface area contributed by atoms with Crippen LogP contribution >= 0.6 is 0 Å². The molecule has 2 aromatic rings. The molecule has 1 unspecified atom stereocenters. The molecule has 1 N–H and O–H groups in total. The molecule has 0 spiro atoms. The minimum absolute atomic E-state index is 0.213. The largest absolute Gasteiger partial charge is 0.481 e. The van der Waals surface area contributed by atoms with E-state index in [2.05, 4.69) is 60.4 Å². The van der Waals surface area contributed by atoms with Gasteiger partial charge in [-0.05, 0) is 37.3 Å². The molecule has 1 saturated carbocycles. The van der Waals surface area contributed by atoms with Gasteiger partial charge in [0.1, 0.15) is 0 Å². The van der Waals surface area contributed by atoms with Gasteiger partial charge in [0, 0.05) is 19.1 Å². The summed E-state index contributed by atoms with van der Waals surface area (Å²) in [5.41, 5.74) is 2.00. The lowest BCUT2D eigenvalue weighted by molar-refractivity contribution is -0.150. The molecule has 1 fully saturated rings. The summed E-state index contributed by atoms with van der Waals surface area (Å²) in [4.78, 5) is 14.4. The highest BCUT2D eigenvalue weighted by atomic mass is 16.4. The summed E-state index contributed by atoms with van der Waals surface area (Å²) in [7, 11) is 0. The smallest absolute Gasteiger partial charge is 0.309 e. The molecule has 1 aliphatic rings. The first-order valence-electron chi connectivity index (χ1n) is 9.64. The van der Waals surface area contributed by atoms with Crippen molar-refractivity contribution in [3.8, 4) is 0 Å². The van der Waals surface area contributed by atoms with Crippen LogP contribution < -0.4 is 0 Å². The van der Waals surface area contributed by atoms with E-state index in [0.717, 1.165) is 45.2 Å². The molecule has 3 heteroatoms. The van der Waals surface area contributed by atoms with Crippen molar-refractivity contribution in [1.29, 1.82) is 0 Å². The summed E-state index contributed by atoms with van der Waals surface area (Å²) < 4.78 is 0. The fourth-order valence-corrected chi connectivity index (χ4v) is 4.26. The van der Waals surface area contributed by atoms with E-state index in [9.17, 15) is 9.90 Å². The molecular formula is C23H29NO2. The van der Waals surface area contributed by atoms with Crippen molar-refractivity contribution in [3.63, 3.8) is 0 Å². The fourth-order valence-electron chi connectivity index (χ4n) is 4.26. The maximum atomic E-state index is 12.0. The van der Waals surface area contributed by atoms with E-state index in [1.165, 1.54) is 11.1 Å². The minimum atomic E-state index is -0.610. The second-order valence-electron chi connectivity index (χ2n) is 7.72. The van der Waals surface area contributed by atoms with Crippen molar-refractivity contribution in [2.75, 3.05) is 0 Å². The van der Waals surface area contributed by atoms with Gasteiger partial charge in [-0.25, -0.2) is 0 Å². The Hall–Kier alpha value is -2.13. The van der Waals surface area contributed by atoms with Gasteiger partial charge in [-0.3, -0.25) is 9.69 Å². The Kier molecular flexibility index (Phi) is 6.10. The van der Waals surface area contributed by atoms with Crippen LogP contribution in [-0.2, 0) is 17.9 Å². The summed E-state index contributed by atoms with van der Waals surface area (Å²) in [5, 5.41) is 9.86. The number of carboxylic acids is 1. The fraction of sp³-hybridized carbons (Fsp3) is 0.435. The predicted octanol–water partition coefficient (Wildman–Crippen LogP) is 5.11. The normalized spacial score (nSPS) is 17.3. The second-order valence-corrected chi connectivity index (χ2v) is 7.72. The molecule has 0 bridgehead atoms. The molecule has 2 aromatic carbocycles. The highest BCUT2D eigenvalue weighted by molar-refractivity contribution is 5.75. The first kappa shape index (κ1) is 18.7. The van der Waals surface area contributed by atoms with Gasteiger partial charge in [0.2, 0.25) is 0 Å².